The Labute approximate surface area is 41.8 Å². The van der Waals surface area contributed by atoms with Crippen LogP contribution in [0.25, 0.3) is 0 Å². The van der Waals surface area contributed by atoms with Crippen molar-refractivity contribution in [3.63, 3.8) is 0 Å². The van der Waals surface area contributed by atoms with Gasteiger partial charge in [0.1, 0.15) is 0 Å². The lowest BCUT2D eigenvalue weighted by Gasteiger charge is -2.14. The van der Waals surface area contributed by atoms with Crippen LogP contribution in [0.15, 0.2) is 0 Å². The third kappa shape index (κ3) is 1.43. The normalized spacial score (nSPS) is 33.0. The van der Waals surface area contributed by atoms with Gasteiger partial charge in [-0.1, -0.05) is 0 Å². The van der Waals surface area contributed by atoms with Crippen molar-refractivity contribution in [3.8, 4) is 0 Å². The summed E-state index contributed by atoms with van der Waals surface area (Å²) in [5.41, 5.74) is 0. The molecule has 1 unspecified atom stereocenters. The zero-order valence-electron chi connectivity index (χ0n) is 3.96. The molecule has 0 amide bonds. The lowest BCUT2D eigenvalue weighted by Crippen LogP contribution is -2.18. The van der Waals surface area contributed by atoms with Crippen LogP contribution >= 0.6 is 0 Å². The minimum absolute atomic E-state index is 0.608. The Morgan fingerprint density at radius 3 is 2.71 bits per heavy atom. The van der Waals surface area contributed by atoms with Crippen LogP contribution in [0, 0.1) is 0 Å². The number of rotatable bonds is 0. The highest BCUT2D eigenvalue weighted by atomic mass is 17.2. The minimum atomic E-state index is -0.686. The largest absolute Gasteiger partial charge is 0.366 e. The van der Waals surface area contributed by atoms with Crippen molar-refractivity contribution >= 4 is 0 Å². The number of aliphatic hydroxyl groups is 1. The Morgan fingerprint density at radius 2 is 2.43 bits per heavy atom. The fourth-order valence-electron chi connectivity index (χ4n) is 0.492. The van der Waals surface area contributed by atoms with E-state index in [1.165, 1.54) is 0 Å². The topological polar surface area (TPSA) is 38.7 Å². The van der Waals surface area contributed by atoms with Gasteiger partial charge in [0.15, 0.2) is 6.29 Å². The number of hydrogen-bond donors (Lipinski definition) is 1. The van der Waals surface area contributed by atoms with Gasteiger partial charge < -0.3 is 5.11 Å². The molecule has 0 radical (unpaired) electrons. The highest BCUT2D eigenvalue weighted by Crippen LogP contribution is 2.05. The Bertz CT molecular complexity index is 48.9. The second-order valence-corrected chi connectivity index (χ2v) is 1.52. The summed E-state index contributed by atoms with van der Waals surface area (Å²) in [5.74, 6) is 0. The molecule has 0 saturated carbocycles. The first kappa shape index (κ1) is 5.03. The lowest BCUT2D eigenvalue weighted by molar-refractivity contribution is -0.389. The summed E-state index contributed by atoms with van der Waals surface area (Å²) in [6.07, 6.45) is 0.898. The fraction of sp³-hybridized carbons (Fsp3) is 1.00. The van der Waals surface area contributed by atoms with Crippen molar-refractivity contribution in [3.05, 3.63) is 0 Å². The van der Waals surface area contributed by atoms with E-state index < -0.39 is 6.29 Å². The van der Waals surface area contributed by atoms with E-state index in [1.807, 2.05) is 0 Å². The molecule has 1 atom stereocenters. The second-order valence-electron chi connectivity index (χ2n) is 1.52. The Kier molecular flexibility index (Phi) is 1.62. The summed E-state index contributed by atoms with van der Waals surface area (Å²) < 4.78 is 0. The standard InChI is InChI=1S/C4H8O3/c5-4-2-1-3-6-7-4/h4-5H,1-3H2. The summed E-state index contributed by atoms with van der Waals surface area (Å²) >= 11 is 0. The first-order valence-corrected chi connectivity index (χ1v) is 2.36. The molecule has 0 aromatic carbocycles. The van der Waals surface area contributed by atoms with Gasteiger partial charge in [-0.25, -0.2) is 9.78 Å². The van der Waals surface area contributed by atoms with Crippen LogP contribution in [0.1, 0.15) is 12.8 Å². The molecule has 0 aromatic rings. The summed E-state index contributed by atoms with van der Waals surface area (Å²) in [6.45, 7) is 0.608. The highest BCUT2D eigenvalue weighted by Gasteiger charge is 2.09. The van der Waals surface area contributed by atoms with Crippen molar-refractivity contribution in [2.24, 2.45) is 0 Å². The van der Waals surface area contributed by atoms with Gasteiger partial charge in [0.25, 0.3) is 0 Å². The van der Waals surface area contributed by atoms with Gasteiger partial charge in [0.05, 0.1) is 6.61 Å². The van der Waals surface area contributed by atoms with Gasteiger partial charge in [-0.15, -0.1) is 0 Å². The monoisotopic (exact) mass is 104 g/mol. The van der Waals surface area contributed by atoms with Crippen LogP contribution in [0.5, 0.6) is 0 Å². The van der Waals surface area contributed by atoms with Crippen LogP contribution in [0.2, 0.25) is 0 Å². The maximum atomic E-state index is 8.56. The zero-order chi connectivity index (χ0) is 5.11. The third-order valence-electron chi connectivity index (χ3n) is 0.858. The van der Waals surface area contributed by atoms with Crippen molar-refractivity contribution in [1.82, 2.24) is 0 Å². The molecule has 1 N–H and O–H groups in total. The van der Waals surface area contributed by atoms with E-state index in [0.717, 1.165) is 6.42 Å². The van der Waals surface area contributed by atoms with Gasteiger partial charge in [0.2, 0.25) is 0 Å². The summed E-state index contributed by atoms with van der Waals surface area (Å²) in [4.78, 5) is 8.77. The maximum Gasteiger partial charge on any atom is 0.188 e. The average Bonchev–Trinajstić information content (AvgIpc) is 1.69. The van der Waals surface area contributed by atoms with Crippen LogP contribution in [0.4, 0.5) is 0 Å². The minimum Gasteiger partial charge on any atom is -0.366 e. The molecule has 0 aromatic heterocycles. The summed E-state index contributed by atoms with van der Waals surface area (Å²) in [6, 6.07) is 0. The molecule has 1 heterocycles. The van der Waals surface area contributed by atoms with E-state index in [9.17, 15) is 0 Å². The van der Waals surface area contributed by atoms with Crippen molar-refractivity contribution in [2.75, 3.05) is 6.61 Å². The average molecular weight is 104 g/mol. The molecule has 42 valence electrons. The Hall–Kier alpha value is -0.120. The predicted molar refractivity (Wildman–Crippen MR) is 22.3 cm³/mol. The van der Waals surface area contributed by atoms with Gasteiger partial charge in [-0.05, 0) is 6.42 Å². The van der Waals surface area contributed by atoms with Crippen LogP contribution in [-0.2, 0) is 9.78 Å². The van der Waals surface area contributed by atoms with E-state index in [4.69, 9.17) is 5.11 Å². The van der Waals surface area contributed by atoms with Crippen molar-refractivity contribution in [2.45, 2.75) is 19.1 Å². The van der Waals surface area contributed by atoms with E-state index in [2.05, 4.69) is 9.78 Å². The van der Waals surface area contributed by atoms with E-state index in [-0.39, 0.29) is 0 Å². The Balaban J connectivity index is 2.12. The Morgan fingerprint density at radius 1 is 1.57 bits per heavy atom. The smallest absolute Gasteiger partial charge is 0.188 e. The number of aliphatic hydroxyl groups excluding tert-OH is 1. The van der Waals surface area contributed by atoms with Crippen LogP contribution in [-0.4, -0.2) is 18.0 Å². The molecule has 1 fully saturated rings. The maximum absolute atomic E-state index is 8.56. The predicted octanol–water partition coefficient (Wildman–Crippen LogP) is 0.0468. The fourth-order valence-corrected chi connectivity index (χ4v) is 0.492. The zero-order valence-corrected chi connectivity index (χ0v) is 3.96. The van der Waals surface area contributed by atoms with E-state index in [0.29, 0.717) is 13.0 Å². The van der Waals surface area contributed by atoms with E-state index in [1.54, 1.807) is 0 Å². The molecule has 3 nitrogen and oxygen atoms in total. The molecule has 3 heteroatoms. The SMILES string of the molecule is OC1CCCOO1. The molecule has 1 rings (SSSR count). The van der Waals surface area contributed by atoms with Crippen LogP contribution in [0.3, 0.4) is 0 Å². The van der Waals surface area contributed by atoms with E-state index >= 15 is 0 Å². The molecule has 0 aliphatic carbocycles. The third-order valence-corrected chi connectivity index (χ3v) is 0.858. The first-order valence-electron chi connectivity index (χ1n) is 2.36. The second kappa shape index (κ2) is 2.26. The first-order chi connectivity index (χ1) is 3.39. The molecular weight excluding hydrogens is 96.0 g/mol. The highest BCUT2D eigenvalue weighted by molar-refractivity contribution is 4.42. The molecule has 0 bridgehead atoms. The van der Waals surface area contributed by atoms with Crippen molar-refractivity contribution in [1.29, 1.82) is 0 Å². The van der Waals surface area contributed by atoms with Crippen molar-refractivity contribution < 1.29 is 14.9 Å². The summed E-state index contributed by atoms with van der Waals surface area (Å²) in [5, 5.41) is 8.56. The number of hydrogen-bond acceptors (Lipinski definition) is 3. The quantitative estimate of drug-likeness (QED) is 0.441. The van der Waals surface area contributed by atoms with Gasteiger partial charge in [-0.2, -0.15) is 0 Å². The van der Waals surface area contributed by atoms with Crippen LogP contribution < -0.4 is 0 Å². The van der Waals surface area contributed by atoms with Gasteiger partial charge in [-0.3, -0.25) is 0 Å². The summed E-state index contributed by atoms with van der Waals surface area (Å²) in [7, 11) is 0. The molecule has 1 saturated heterocycles. The molecular formula is C4H8O3. The molecule has 0 spiro atoms. The molecule has 1 aliphatic heterocycles. The van der Waals surface area contributed by atoms with Gasteiger partial charge in [0, 0.05) is 6.42 Å². The van der Waals surface area contributed by atoms with Gasteiger partial charge >= 0.3 is 0 Å². The molecule has 7 heavy (non-hydrogen) atoms. The lowest BCUT2D eigenvalue weighted by atomic mass is 10.3. The molecule has 1 aliphatic rings.